The number of imidazole rings is 1. The van der Waals surface area contributed by atoms with E-state index in [0.29, 0.717) is 12.6 Å². The number of anilines is 1. The third-order valence-electron chi connectivity index (χ3n) is 2.78. The van der Waals surface area contributed by atoms with Crippen molar-refractivity contribution in [2.75, 3.05) is 26.6 Å². The van der Waals surface area contributed by atoms with Crippen molar-refractivity contribution in [1.29, 1.82) is 0 Å². The fraction of sp³-hybridized carbons (Fsp3) is 0.417. The van der Waals surface area contributed by atoms with Gasteiger partial charge in [0.1, 0.15) is 11.3 Å². The van der Waals surface area contributed by atoms with Crippen LogP contribution in [-0.2, 0) is 4.74 Å². The van der Waals surface area contributed by atoms with Crippen LogP contribution in [-0.4, -0.2) is 30.4 Å². The first-order chi connectivity index (χ1) is 8.19. The topological polar surface area (TPSA) is 62.3 Å². The van der Waals surface area contributed by atoms with Crippen LogP contribution < -0.4 is 10.5 Å². The quantitative estimate of drug-likeness (QED) is 0.878. The summed E-state index contributed by atoms with van der Waals surface area (Å²) >= 11 is 0. The van der Waals surface area contributed by atoms with Crippen LogP contribution in [0.4, 0.5) is 5.95 Å². The molecule has 0 bridgehead atoms. The number of methoxy groups -OCH3 is 2. The second-order valence-corrected chi connectivity index (χ2v) is 3.97. The fourth-order valence-electron chi connectivity index (χ4n) is 2.05. The second kappa shape index (κ2) is 4.63. The van der Waals surface area contributed by atoms with Crippen molar-refractivity contribution in [3.8, 4) is 5.75 Å². The van der Waals surface area contributed by atoms with E-state index in [4.69, 9.17) is 15.2 Å². The Morgan fingerprint density at radius 3 is 2.82 bits per heavy atom. The van der Waals surface area contributed by atoms with E-state index < -0.39 is 0 Å². The summed E-state index contributed by atoms with van der Waals surface area (Å²) in [6.07, 6.45) is 0. The zero-order chi connectivity index (χ0) is 12.4. The predicted octanol–water partition coefficient (Wildman–Crippen LogP) is 1.83. The Bertz CT molecular complexity index is 522. The highest BCUT2D eigenvalue weighted by Crippen LogP contribution is 2.29. The van der Waals surface area contributed by atoms with Crippen LogP contribution in [0.15, 0.2) is 18.2 Å². The second-order valence-electron chi connectivity index (χ2n) is 3.97. The molecule has 17 heavy (non-hydrogen) atoms. The lowest BCUT2D eigenvalue weighted by molar-refractivity contribution is 0.164. The summed E-state index contributed by atoms with van der Waals surface area (Å²) in [7, 11) is 3.30. The van der Waals surface area contributed by atoms with E-state index >= 15 is 0 Å². The van der Waals surface area contributed by atoms with E-state index in [0.717, 1.165) is 16.8 Å². The molecule has 0 aliphatic carbocycles. The molecule has 2 N–H and O–H groups in total. The standard InChI is InChI=1S/C12H17N3O2/c1-8(7-16-2)15-9-5-4-6-10(17-3)11(9)14-12(15)13/h4-6,8H,7H2,1-3H3,(H2,13,14). The molecule has 0 aliphatic rings. The third kappa shape index (κ3) is 1.93. The number of rotatable bonds is 4. The average molecular weight is 235 g/mol. The highest BCUT2D eigenvalue weighted by molar-refractivity contribution is 5.84. The SMILES string of the molecule is COCC(C)n1c(N)nc2c(OC)cccc21. The van der Waals surface area contributed by atoms with Crippen molar-refractivity contribution in [1.82, 2.24) is 9.55 Å². The lowest BCUT2D eigenvalue weighted by Crippen LogP contribution is -2.13. The number of ether oxygens (including phenoxy) is 2. The Balaban J connectivity index is 2.59. The highest BCUT2D eigenvalue weighted by Gasteiger charge is 2.16. The molecule has 0 radical (unpaired) electrons. The molecule has 1 aromatic heterocycles. The molecule has 5 nitrogen and oxygen atoms in total. The molecule has 5 heteroatoms. The molecule has 2 aromatic rings. The maximum atomic E-state index is 5.95. The maximum absolute atomic E-state index is 5.95. The number of benzene rings is 1. The number of nitrogens with two attached hydrogens (primary N) is 1. The van der Waals surface area contributed by atoms with Gasteiger partial charge in [0.15, 0.2) is 0 Å². The van der Waals surface area contributed by atoms with Crippen LogP contribution in [0.5, 0.6) is 5.75 Å². The van der Waals surface area contributed by atoms with Gasteiger partial charge in [0.05, 0.1) is 25.3 Å². The number of hydrogen-bond acceptors (Lipinski definition) is 4. The van der Waals surface area contributed by atoms with Gasteiger partial charge in [-0.05, 0) is 19.1 Å². The lowest BCUT2D eigenvalue weighted by atomic mass is 10.2. The molecular formula is C12H17N3O2. The van der Waals surface area contributed by atoms with Gasteiger partial charge in [-0.15, -0.1) is 0 Å². The molecule has 1 heterocycles. The minimum absolute atomic E-state index is 0.136. The van der Waals surface area contributed by atoms with E-state index in [1.54, 1.807) is 14.2 Å². The van der Waals surface area contributed by atoms with Crippen molar-refractivity contribution < 1.29 is 9.47 Å². The zero-order valence-corrected chi connectivity index (χ0v) is 10.3. The largest absolute Gasteiger partial charge is 0.494 e. The van der Waals surface area contributed by atoms with E-state index in [1.165, 1.54) is 0 Å². The van der Waals surface area contributed by atoms with E-state index in [-0.39, 0.29) is 6.04 Å². The zero-order valence-electron chi connectivity index (χ0n) is 10.3. The molecule has 0 aliphatic heterocycles. The van der Waals surface area contributed by atoms with Gasteiger partial charge in [0, 0.05) is 7.11 Å². The van der Waals surface area contributed by atoms with Gasteiger partial charge in [-0.25, -0.2) is 4.98 Å². The lowest BCUT2D eigenvalue weighted by Gasteiger charge is -2.14. The van der Waals surface area contributed by atoms with Crippen molar-refractivity contribution in [3.05, 3.63) is 18.2 Å². The van der Waals surface area contributed by atoms with Crippen LogP contribution in [0, 0.1) is 0 Å². The van der Waals surface area contributed by atoms with E-state index in [9.17, 15) is 0 Å². The molecule has 2 rings (SSSR count). The smallest absolute Gasteiger partial charge is 0.201 e. The summed E-state index contributed by atoms with van der Waals surface area (Å²) in [5.74, 6) is 1.21. The number of nitrogen functional groups attached to an aromatic ring is 1. The molecule has 0 saturated heterocycles. The predicted molar refractivity (Wildman–Crippen MR) is 67.3 cm³/mol. The normalized spacial score (nSPS) is 12.9. The fourth-order valence-corrected chi connectivity index (χ4v) is 2.05. The molecule has 0 amide bonds. The van der Waals surface area contributed by atoms with Crippen molar-refractivity contribution in [3.63, 3.8) is 0 Å². The molecular weight excluding hydrogens is 218 g/mol. The minimum atomic E-state index is 0.136. The number of nitrogens with zero attached hydrogens (tertiary/aromatic N) is 2. The Morgan fingerprint density at radius 2 is 2.18 bits per heavy atom. The molecule has 1 aromatic carbocycles. The van der Waals surface area contributed by atoms with Gasteiger partial charge >= 0.3 is 0 Å². The summed E-state index contributed by atoms with van der Waals surface area (Å²) in [6.45, 7) is 2.63. The van der Waals surface area contributed by atoms with Crippen molar-refractivity contribution in [2.24, 2.45) is 0 Å². The molecule has 0 saturated carbocycles. The Labute approximate surface area is 100 Å². The van der Waals surface area contributed by atoms with Crippen LogP contribution in [0.25, 0.3) is 11.0 Å². The van der Waals surface area contributed by atoms with Crippen molar-refractivity contribution in [2.45, 2.75) is 13.0 Å². The van der Waals surface area contributed by atoms with Crippen LogP contribution in [0.1, 0.15) is 13.0 Å². The van der Waals surface area contributed by atoms with Crippen LogP contribution in [0.3, 0.4) is 0 Å². The number of para-hydroxylation sites is 1. The summed E-state index contributed by atoms with van der Waals surface area (Å²) < 4.78 is 12.4. The molecule has 0 fully saturated rings. The van der Waals surface area contributed by atoms with Gasteiger partial charge in [-0.3, -0.25) is 0 Å². The van der Waals surface area contributed by atoms with Gasteiger partial charge in [-0.1, -0.05) is 6.07 Å². The van der Waals surface area contributed by atoms with Crippen LogP contribution in [0.2, 0.25) is 0 Å². The monoisotopic (exact) mass is 235 g/mol. The maximum Gasteiger partial charge on any atom is 0.201 e. The van der Waals surface area contributed by atoms with Gasteiger partial charge in [0.25, 0.3) is 0 Å². The Morgan fingerprint density at radius 1 is 1.41 bits per heavy atom. The van der Waals surface area contributed by atoms with Crippen molar-refractivity contribution >= 4 is 17.0 Å². The summed E-state index contributed by atoms with van der Waals surface area (Å²) in [4.78, 5) is 4.35. The summed E-state index contributed by atoms with van der Waals surface area (Å²) in [6, 6.07) is 5.92. The van der Waals surface area contributed by atoms with Crippen LogP contribution >= 0.6 is 0 Å². The van der Waals surface area contributed by atoms with Gasteiger partial charge < -0.3 is 19.8 Å². The first-order valence-electron chi connectivity index (χ1n) is 5.48. The highest BCUT2D eigenvalue weighted by atomic mass is 16.5. The summed E-state index contributed by atoms with van der Waals surface area (Å²) in [5.41, 5.74) is 7.70. The van der Waals surface area contributed by atoms with Gasteiger partial charge in [-0.2, -0.15) is 0 Å². The summed E-state index contributed by atoms with van der Waals surface area (Å²) in [5, 5.41) is 0. The molecule has 92 valence electrons. The van der Waals surface area contributed by atoms with E-state index in [1.807, 2.05) is 29.7 Å². The minimum Gasteiger partial charge on any atom is -0.494 e. The number of aromatic nitrogens is 2. The third-order valence-corrected chi connectivity index (χ3v) is 2.78. The molecule has 1 unspecified atom stereocenters. The van der Waals surface area contributed by atoms with E-state index in [2.05, 4.69) is 4.98 Å². The number of hydrogen-bond donors (Lipinski definition) is 1. The van der Waals surface area contributed by atoms with Gasteiger partial charge in [0.2, 0.25) is 5.95 Å². The molecule has 1 atom stereocenters. The number of fused-ring (bicyclic) bond motifs is 1. The Hall–Kier alpha value is -1.75. The first-order valence-corrected chi connectivity index (χ1v) is 5.48. The Kier molecular flexibility index (Phi) is 3.19. The first kappa shape index (κ1) is 11.7. The molecule has 0 spiro atoms. The average Bonchev–Trinajstić information content (AvgIpc) is 2.65.